The number of fused-ring (bicyclic) bond motifs is 2. The lowest BCUT2D eigenvalue weighted by atomic mass is 9.96. The van der Waals surface area contributed by atoms with E-state index in [1.165, 1.54) is 24.8 Å². The van der Waals surface area contributed by atoms with Gasteiger partial charge >= 0.3 is 0 Å². The van der Waals surface area contributed by atoms with E-state index in [0.29, 0.717) is 11.9 Å². The maximum atomic E-state index is 5.52. The quantitative estimate of drug-likeness (QED) is 0.252. The maximum Gasteiger partial charge on any atom is 0.237 e. The molecule has 0 bridgehead atoms. The molecular formula is C32H33N5O. The topological polar surface area (TPSA) is 64.3 Å². The number of nitrogens with zero attached hydrogens (tertiary/aromatic N) is 4. The van der Waals surface area contributed by atoms with Crippen molar-refractivity contribution in [3.8, 4) is 23.0 Å². The number of methoxy groups -OCH3 is 1. The molecule has 0 spiro atoms. The van der Waals surface area contributed by atoms with Crippen LogP contribution >= 0.6 is 0 Å². The van der Waals surface area contributed by atoms with Crippen LogP contribution < -0.4 is 15.4 Å². The van der Waals surface area contributed by atoms with E-state index in [-0.39, 0.29) is 0 Å². The van der Waals surface area contributed by atoms with Crippen LogP contribution in [0.25, 0.3) is 28.1 Å². The zero-order valence-electron chi connectivity index (χ0n) is 22.0. The van der Waals surface area contributed by atoms with E-state index in [1.54, 1.807) is 13.3 Å². The Morgan fingerprint density at radius 1 is 0.947 bits per heavy atom. The summed E-state index contributed by atoms with van der Waals surface area (Å²) in [6.07, 6.45) is 8.77. The smallest absolute Gasteiger partial charge is 0.237 e. The molecule has 192 valence electrons. The molecule has 0 unspecified atom stereocenters. The normalized spacial score (nSPS) is 14.7. The summed E-state index contributed by atoms with van der Waals surface area (Å²) in [5.74, 6) is 0.550. The van der Waals surface area contributed by atoms with Crippen LogP contribution in [0, 0.1) is 0 Å². The summed E-state index contributed by atoms with van der Waals surface area (Å²) in [7, 11) is 1.64. The predicted molar refractivity (Wildman–Crippen MR) is 154 cm³/mol. The Morgan fingerprint density at radius 3 is 2.55 bits per heavy atom. The SMILES string of the molecule is CCc1ccc(-n2c3cc(=NC4CCCCC4)c(Nc4cccnc4OC)cc-3nc3ccccc32)cc1. The van der Waals surface area contributed by atoms with Crippen molar-refractivity contribution in [3.63, 3.8) is 0 Å². The van der Waals surface area contributed by atoms with Gasteiger partial charge < -0.3 is 14.6 Å². The van der Waals surface area contributed by atoms with Crippen molar-refractivity contribution in [2.45, 2.75) is 51.5 Å². The number of hydrogen-bond acceptors (Lipinski definition) is 5. The van der Waals surface area contributed by atoms with Gasteiger partial charge in [0.25, 0.3) is 0 Å². The van der Waals surface area contributed by atoms with Gasteiger partial charge in [-0.15, -0.1) is 0 Å². The monoisotopic (exact) mass is 503 g/mol. The van der Waals surface area contributed by atoms with E-state index < -0.39 is 0 Å². The van der Waals surface area contributed by atoms with Gasteiger partial charge in [0.05, 0.1) is 46.6 Å². The molecule has 0 saturated heterocycles. The Kier molecular flexibility index (Phi) is 6.78. The van der Waals surface area contributed by atoms with Crippen molar-refractivity contribution in [2.75, 3.05) is 12.4 Å². The Hall–Kier alpha value is -4.19. The highest BCUT2D eigenvalue weighted by atomic mass is 16.5. The highest BCUT2D eigenvalue weighted by molar-refractivity contribution is 5.84. The third kappa shape index (κ3) is 4.74. The number of benzene rings is 3. The second-order valence-corrected chi connectivity index (χ2v) is 9.92. The molecule has 6 heteroatoms. The minimum atomic E-state index is 0.322. The molecule has 3 aromatic rings. The molecule has 2 heterocycles. The lowest BCUT2D eigenvalue weighted by Gasteiger charge is -2.22. The molecule has 0 atom stereocenters. The zero-order valence-corrected chi connectivity index (χ0v) is 22.0. The molecule has 1 fully saturated rings. The van der Waals surface area contributed by atoms with Crippen molar-refractivity contribution >= 4 is 22.4 Å². The van der Waals surface area contributed by atoms with Gasteiger partial charge in [0.2, 0.25) is 5.88 Å². The zero-order chi connectivity index (χ0) is 25.9. The van der Waals surface area contributed by atoms with Crippen LogP contribution in [0.4, 0.5) is 11.4 Å². The van der Waals surface area contributed by atoms with E-state index >= 15 is 0 Å². The van der Waals surface area contributed by atoms with Crippen LogP contribution in [0.5, 0.6) is 5.88 Å². The minimum Gasteiger partial charge on any atom is -0.480 e. The molecule has 2 aromatic carbocycles. The van der Waals surface area contributed by atoms with Gasteiger partial charge in [-0.1, -0.05) is 50.5 Å². The van der Waals surface area contributed by atoms with E-state index in [0.717, 1.165) is 64.1 Å². The van der Waals surface area contributed by atoms with Crippen molar-refractivity contribution in [2.24, 2.45) is 4.99 Å². The first-order valence-electron chi connectivity index (χ1n) is 13.6. The number of rotatable bonds is 6. The fraction of sp³-hybridized carbons (Fsp3) is 0.281. The largest absolute Gasteiger partial charge is 0.480 e. The van der Waals surface area contributed by atoms with Crippen molar-refractivity contribution in [3.05, 3.63) is 89.9 Å². The molecule has 3 aliphatic rings. The lowest BCUT2D eigenvalue weighted by molar-refractivity contribution is 0.400. The van der Waals surface area contributed by atoms with Crippen molar-refractivity contribution < 1.29 is 4.74 Å². The Bertz CT molecular complexity index is 1600. The third-order valence-corrected chi connectivity index (χ3v) is 7.43. The fourth-order valence-corrected chi connectivity index (χ4v) is 5.41. The number of aryl methyl sites for hydroxylation is 1. The molecule has 1 N–H and O–H groups in total. The average molecular weight is 504 g/mol. The summed E-state index contributed by atoms with van der Waals surface area (Å²) in [5, 5.41) is 4.50. The molecule has 0 radical (unpaired) electrons. The molecule has 6 rings (SSSR count). The molecule has 6 nitrogen and oxygen atoms in total. The number of aromatic nitrogens is 3. The van der Waals surface area contributed by atoms with Gasteiger partial charge in [0.15, 0.2) is 0 Å². The van der Waals surface area contributed by atoms with Crippen molar-refractivity contribution in [1.29, 1.82) is 0 Å². The maximum absolute atomic E-state index is 5.52. The van der Waals surface area contributed by atoms with Crippen molar-refractivity contribution in [1.82, 2.24) is 14.5 Å². The van der Waals surface area contributed by atoms with Crippen LogP contribution in [-0.4, -0.2) is 27.7 Å². The van der Waals surface area contributed by atoms with Gasteiger partial charge in [-0.3, -0.25) is 4.99 Å². The Morgan fingerprint density at radius 2 is 1.76 bits per heavy atom. The molecule has 38 heavy (non-hydrogen) atoms. The summed E-state index contributed by atoms with van der Waals surface area (Å²) in [4.78, 5) is 14.8. The van der Waals surface area contributed by atoms with E-state index in [9.17, 15) is 0 Å². The third-order valence-electron chi connectivity index (χ3n) is 7.43. The highest BCUT2D eigenvalue weighted by Crippen LogP contribution is 2.32. The number of anilines is 2. The van der Waals surface area contributed by atoms with Gasteiger partial charge in [-0.25, -0.2) is 9.97 Å². The average Bonchev–Trinajstić information content (AvgIpc) is 2.97. The standard InChI is InChI=1S/C32H33N5O/c1-3-22-15-17-24(18-16-22)37-30-14-8-7-12-25(30)35-29-20-27(36-26-13-9-19-33-32(26)38-2)28(21-31(29)37)34-23-10-5-4-6-11-23/h7-9,12-21,23,36H,3-6,10-11H2,1-2H3. The van der Waals surface area contributed by atoms with Crippen LogP contribution in [0.2, 0.25) is 0 Å². The number of para-hydroxylation sites is 2. The molecule has 1 aromatic heterocycles. The van der Waals surface area contributed by atoms with Crippen LogP contribution in [0.3, 0.4) is 0 Å². The molecule has 1 saturated carbocycles. The minimum absolute atomic E-state index is 0.322. The highest BCUT2D eigenvalue weighted by Gasteiger charge is 2.19. The number of pyridine rings is 1. The first kappa shape index (κ1) is 24.2. The number of nitrogens with one attached hydrogen (secondary N) is 1. The summed E-state index contributed by atoms with van der Waals surface area (Å²) in [6, 6.07) is 25.7. The molecule has 2 aliphatic carbocycles. The van der Waals surface area contributed by atoms with Crippen LogP contribution in [-0.2, 0) is 6.42 Å². The van der Waals surface area contributed by atoms with E-state index in [4.69, 9.17) is 14.7 Å². The molecule has 1 aliphatic heterocycles. The van der Waals surface area contributed by atoms with E-state index in [2.05, 4.69) is 76.4 Å². The van der Waals surface area contributed by atoms with E-state index in [1.807, 2.05) is 18.2 Å². The van der Waals surface area contributed by atoms with Gasteiger partial charge in [-0.2, -0.15) is 0 Å². The Balaban J connectivity index is 1.61. The fourth-order valence-electron chi connectivity index (χ4n) is 5.41. The molecular weight excluding hydrogens is 470 g/mol. The molecule has 0 amide bonds. The van der Waals surface area contributed by atoms with Gasteiger partial charge in [-0.05, 0) is 73.4 Å². The number of ether oxygens (including phenoxy) is 1. The summed E-state index contributed by atoms with van der Waals surface area (Å²) < 4.78 is 7.84. The predicted octanol–water partition coefficient (Wildman–Crippen LogP) is 7.07. The summed E-state index contributed by atoms with van der Waals surface area (Å²) >= 11 is 0. The summed E-state index contributed by atoms with van der Waals surface area (Å²) in [5.41, 5.74) is 8.10. The lowest BCUT2D eigenvalue weighted by Crippen LogP contribution is -2.19. The van der Waals surface area contributed by atoms with Crippen LogP contribution in [0.1, 0.15) is 44.6 Å². The second-order valence-electron chi connectivity index (χ2n) is 9.92. The van der Waals surface area contributed by atoms with Crippen LogP contribution in [0.15, 0.2) is 84.0 Å². The van der Waals surface area contributed by atoms with Gasteiger partial charge in [0.1, 0.15) is 5.69 Å². The first-order valence-corrected chi connectivity index (χ1v) is 13.6. The second kappa shape index (κ2) is 10.7. The summed E-state index contributed by atoms with van der Waals surface area (Å²) in [6.45, 7) is 2.18. The first-order chi connectivity index (χ1) is 18.7. The van der Waals surface area contributed by atoms with Gasteiger partial charge in [0, 0.05) is 11.9 Å². The number of hydrogen-bond donors (Lipinski definition) is 1. The Labute approximate surface area is 223 Å².